The molecule has 0 atom stereocenters. The number of oxazole rings is 2. The molecule has 0 bridgehead atoms. The van der Waals surface area contributed by atoms with Gasteiger partial charge in [-0.15, -0.1) is 0 Å². The van der Waals surface area contributed by atoms with Crippen LogP contribution < -0.4 is 5.73 Å². The number of hydrogen-bond acceptors (Lipinski definition) is 5. The summed E-state index contributed by atoms with van der Waals surface area (Å²) in [6, 6.07) is 3.52. The van der Waals surface area contributed by atoms with Crippen molar-refractivity contribution in [3.05, 3.63) is 47.9 Å². The Labute approximate surface area is 120 Å². The highest BCUT2D eigenvalue weighted by molar-refractivity contribution is 5.97. The molecule has 3 rings (SSSR count). The first-order valence-electron chi connectivity index (χ1n) is 6.33. The van der Waals surface area contributed by atoms with Gasteiger partial charge in [-0.05, 0) is 24.6 Å². The molecule has 0 radical (unpaired) electrons. The quantitative estimate of drug-likeness (QED) is 0.797. The minimum absolute atomic E-state index is 0.404. The molecule has 0 aliphatic carbocycles. The van der Waals surface area contributed by atoms with Gasteiger partial charge in [0, 0.05) is 23.6 Å². The molecule has 6 nitrogen and oxygen atoms in total. The number of rotatable bonds is 3. The van der Waals surface area contributed by atoms with Crippen LogP contribution in [-0.4, -0.2) is 15.9 Å². The van der Waals surface area contributed by atoms with Crippen LogP contribution in [0.15, 0.2) is 39.7 Å². The van der Waals surface area contributed by atoms with Crippen LogP contribution in [0.3, 0.4) is 0 Å². The summed E-state index contributed by atoms with van der Waals surface area (Å²) in [6.45, 7) is 3.57. The number of primary amides is 1. The van der Waals surface area contributed by atoms with Crippen LogP contribution in [-0.2, 0) is 0 Å². The van der Waals surface area contributed by atoms with Crippen LogP contribution in [0.1, 0.15) is 21.8 Å². The maximum atomic E-state index is 11.7. The summed E-state index contributed by atoms with van der Waals surface area (Å²) in [5.41, 5.74) is 8.66. The molecule has 0 spiro atoms. The number of carbonyl (C=O) groups is 1. The molecular formula is C15H13N3O3. The maximum absolute atomic E-state index is 11.7. The van der Waals surface area contributed by atoms with Crippen molar-refractivity contribution in [2.75, 3.05) is 0 Å². The SMILES string of the molecule is Cc1nc(-c2cc(-c3ncco3)cc(C(N)=O)c2C)co1. The number of aromatic nitrogens is 2. The number of amides is 1. The molecule has 0 saturated heterocycles. The fraction of sp³-hybridized carbons (Fsp3) is 0.133. The summed E-state index contributed by atoms with van der Waals surface area (Å²) in [7, 11) is 0. The van der Waals surface area contributed by atoms with E-state index in [2.05, 4.69) is 9.97 Å². The van der Waals surface area contributed by atoms with Gasteiger partial charge >= 0.3 is 0 Å². The molecule has 0 aliphatic rings. The molecule has 0 saturated carbocycles. The molecule has 2 aromatic heterocycles. The van der Waals surface area contributed by atoms with E-state index in [9.17, 15) is 4.79 Å². The molecule has 1 amide bonds. The second-order valence-electron chi connectivity index (χ2n) is 4.65. The van der Waals surface area contributed by atoms with Gasteiger partial charge in [0.05, 0.1) is 6.20 Å². The molecule has 6 heteroatoms. The van der Waals surface area contributed by atoms with Gasteiger partial charge in [-0.2, -0.15) is 0 Å². The summed E-state index contributed by atoms with van der Waals surface area (Å²) < 4.78 is 10.5. The van der Waals surface area contributed by atoms with Gasteiger partial charge in [-0.25, -0.2) is 9.97 Å². The lowest BCUT2D eigenvalue weighted by Gasteiger charge is -2.09. The Kier molecular flexibility index (Phi) is 3.06. The van der Waals surface area contributed by atoms with Crippen LogP contribution in [0.2, 0.25) is 0 Å². The third-order valence-corrected chi connectivity index (χ3v) is 3.25. The lowest BCUT2D eigenvalue weighted by Crippen LogP contribution is -2.13. The van der Waals surface area contributed by atoms with E-state index in [0.717, 1.165) is 11.1 Å². The molecule has 0 aliphatic heterocycles. The van der Waals surface area contributed by atoms with E-state index in [-0.39, 0.29) is 0 Å². The number of benzene rings is 1. The minimum atomic E-state index is -0.512. The fourth-order valence-electron chi connectivity index (χ4n) is 2.21. The third kappa shape index (κ3) is 2.31. The van der Waals surface area contributed by atoms with Crippen LogP contribution in [0.5, 0.6) is 0 Å². The predicted octanol–water partition coefficient (Wildman–Crippen LogP) is 2.71. The van der Waals surface area contributed by atoms with Gasteiger partial charge in [0.1, 0.15) is 18.2 Å². The van der Waals surface area contributed by atoms with Crippen molar-refractivity contribution >= 4 is 5.91 Å². The fourth-order valence-corrected chi connectivity index (χ4v) is 2.21. The van der Waals surface area contributed by atoms with Crippen LogP contribution in [0.4, 0.5) is 0 Å². The lowest BCUT2D eigenvalue weighted by molar-refractivity contribution is 0.1000. The summed E-state index contributed by atoms with van der Waals surface area (Å²) in [5.74, 6) is 0.452. The number of hydrogen-bond donors (Lipinski definition) is 1. The number of nitrogens with zero attached hydrogens (tertiary/aromatic N) is 2. The average Bonchev–Trinajstić information content (AvgIpc) is 3.10. The maximum Gasteiger partial charge on any atom is 0.249 e. The molecule has 1 aromatic carbocycles. The third-order valence-electron chi connectivity index (χ3n) is 3.25. The standard InChI is InChI=1S/C15H13N3O3/c1-8-11(13-7-21-9(2)18-13)5-10(6-12(8)14(16)19)15-17-3-4-20-15/h3-7H,1-2H3,(H2,16,19). The van der Waals surface area contributed by atoms with Gasteiger partial charge in [-0.3, -0.25) is 4.79 Å². The summed E-state index contributed by atoms with van der Waals surface area (Å²) in [6.07, 6.45) is 4.56. The average molecular weight is 283 g/mol. The van der Waals surface area contributed by atoms with Crippen molar-refractivity contribution in [3.8, 4) is 22.7 Å². The summed E-state index contributed by atoms with van der Waals surface area (Å²) >= 11 is 0. The molecular weight excluding hydrogens is 270 g/mol. The first-order chi connectivity index (χ1) is 10.1. The van der Waals surface area contributed by atoms with Crippen molar-refractivity contribution < 1.29 is 13.6 Å². The summed E-state index contributed by atoms with van der Waals surface area (Å²) in [5, 5.41) is 0. The van der Waals surface area contributed by atoms with Gasteiger partial charge in [0.25, 0.3) is 0 Å². The number of nitrogens with two attached hydrogens (primary N) is 1. The zero-order chi connectivity index (χ0) is 15.0. The lowest BCUT2D eigenvalue weighted by atomic mass is 9.96. The number of carbonyl (C=O) groups excluding carboxylic acids is 1. The molecule has 2 N–H and O–H groups in total. The second kappa shape index (κ2) is 4.90. The molecule has 0 fully saturated rings. The van der Waals surface area contributed by atoms with Crippen molar-refractivity contribution in [1.82, 2.24) is 9.97 Å². The van der Waals surface area contributed by atoms with E-state index in [1.54, 1.807) is 25.5 Å². The van der Waals surface area contributed by atoms with Crippen LogP contribution in [0.25, 0.3) is 22.7 Å². The molecule has 106 valence electrons. The Morgan fingerprint density at radius 2 is 2.05 bits per heavy atom. The zero-order valence-electron chi connectivity index (χ0n) is 11.6. The Morgan fingerprint density at radius 1 is 1.24 bits per heavy atom. The second-order valence-corrected chi connectivity index (χ2v) is 4.65. The largest absolute Gasteiger partial charge is 0.449 e. The van der Waals surface area contributed by atoms with E-state index in [0.29, 0.717) is 28.6 Å². The van der Waals surface area contributed by atoms with Gasteiger partial charge in [-0.1, -0.05) is 0 Å². The molecule has 3 aromatic rings. The predicted molar refractivity (Wildman–Crippen MR) is 75.4 cm³/mol. The number of aryl methyl sites for hydroxylation is 1. The van der Waals surface area contributed by atoms with Gasteiger partial charge < -0.3 is 14.6 Å². The van der Waals surface area contributed by atoms with Crippen molar-refractivity contribution in [2.24, 2.45) is 5.73 Å². The Morgan fingerprint density at radius 3 is 2.62 bits per heavy atom. The monoisotopic (exact) mass is 283 g/mol. The van der Waals surface area contributed by atoms with Crippen molar-refractivity contribution in [2.45, 2.75) is 13.8 Å². The van der Waals surface area contributed by atoms with E-state index in [1.165, 1.54) is 6.26 Å². The highest BCUT2D eigenvalue weighted by atomic mass is 16.3. The topological polar surface area (TPSA) is 95.1 Å². The van der Waals surface area contributed by atoms with Crippen LogP contribution >= 0.6 is 0 Å². The molecule has 2 heterocycles. The minimum Gasteiger partial charge on any atom is -0.449 e. The first-order valence-corrected chi connectivity index (χ1v) is 6.33. The van der Waals surface area contributed by atoms with Crippen molar-refractivity contribution in [1.29, 1.82) is 0 Å². The summed E-state index contributed by atoms with van der Waals surface area (Å²) in [4.78, 5) is 20.0. The van der Waals surface area contributed by atoms with Crippen molar-refractivity contribution in [3.63, 3.8) is 0 Å². The van der Waals surface area contributed by atoms with Gasteiger partial charge in [0.2, 0.25) is 11.8 Å². The highest BCUT2D eigenvalue weighted by Gasteiger charge is 2.17. The molecule has 21 heavy (non-hydrogen) atoms. The molecule has 0 unspecified atom stereocenters. The Hall–Kier alpha value is -2.89. The van der Waals surface area contributed by atoms with E-state index in [1.807, 2.05) is 13.0 Å². The van der Waals surface area contributed by atoms with E-state index < -0.39 is 5.91 Å². The zero-order valence-corrected chi connectivity index (χ0v) is 11.6. The van der Waals surface area contributed by atoms with E-state index in [4.69, 9.17) is 14.6 Å². The normalized spacial score (nSPS) is 10.8. The van der Waals surface area contributed by atoms with Crippen LogP contribution in [0, 0.1) is 13.8 Å². The highest BCUT2D eigenvalue weighted by Crippen LogP contribution is 2.31. The van der Waals surface area contributed by atoms with Gasteiger partial charge in [0.15, 0.2) is 5.89 Å². The Balaban J connectivity index is 2.25. The Bertz CT molecular complexity index is 804. The first kappa shape index (κ1) is 13.1. The smallest absolute Gasteiger partial charge is 0.249 e. The van der Waals surface area contributed by atoms with E-state index >= 15 is 0 Å².